The highest BCUT2D eigenvalue weighted by atomic mass is 35.5. The molecule has 0 aliphatic rings. The molecule has 0 aliphatic carbocycles. The van der Waals surface area contributed by atoms with Crippen molar-refractivity contribution in [3.05, 3.63) is 63.6 Å². The fourth-order valence-electron chi connectivity index (χ4n) is 2.76. The lowest BCUT2D eigenvalue weighted by Gasteiger charge is -2.30. The van der Waals surface area contributed by atoms with Gasteiger partial charge in [-0.1, -0.05) is 53.9 Å². The predicted octanol–water partition coefficient (Wildman–Crippen LogP) is 5.73. The molecule has 7 heteroatoms. The highest BCUT2D eigenvalue weighted by molar-refractivity contribution is 8.00. The van der Waals surface area contributed by atoms with Gasteiger partial charge in [0, 0.05) is 33.1 Å². The smallest absolute Gasteiger partial charge is 0.242 e. The Labute approximate surface area is 193 Å². The number of rotatable bonds is 9. The fourth-order valence-corrected chi connectivity index (χ4v) is 4.07. The third-order valence-electron chi connectivity index (χ3n) is 4.94. The molecule has 0 aliphatic heterocycles. The zero-order valence-electron chi connectivity index (χ0n) is 17.7. The zero-order valence-corrected chi connectivity index (χ0v) is 20.1. The topological polar surface area (TPSA) is 49.4 Å². The first-order chi connectivity index (χ1) is 14.2. The zero-order chi connectivity index (χ0) is 22.3. The second-order valence-corrected chi connectivity index (χ2v) is 9.18. The first-order valence-electron chi connectivity index (χ1n) is 9.95. The molecule has 4 nitrogen and oxygen atoms in total. The minimum Gasteiger partial charge on any atom is -0.352 e. The maximum Gasteiger partial charge on any atom is 0.242 e. The molecule has 2 atom stereocenters. The van der Waals surface area contributed by atoms with E-state index in [1.54, 1.807) is 30.0 Å². The van der Waals surface area contributed by atoms with Crippen LogP contribution in [0.5, 0.6) is 0 Å². The van der Waals surface area contributed by atoms with Crippen molar-refractivity contribution in [3.63, 3.8) is 0 Å². The van der Waals surface area contributed by atoms with Crippen LogP contribution in [-0.2, 0) is 16.1 Å². The third kappa shape index (κ3) is 6.93. The van der Waals surface area contributed by atoms with Crippen LogP contribution < -0.4 is 5.32 Å². The van der Waals surface area contributed by atoms with Gasteiger partial charge in [-0.25, -0.2) is 0 Å². The molecule has 162 valence electrons. The fraction of sp³-hybridized carbons (Fsp3) is 0.391. The van der Waals surface area contributed by atoms with Crippen molar-refractivity contribution in [2.75, 3.05) is 5.75 Å². The Balaban J connectivity index is 2.21. The van der Waals surface area contributed by atoms with Gasteiger partial charge in [0.25, 0.3) is 0 Å². The van der Waals surface area contributed by atoms with E-state index in [2.05, 4.69) is 5.32 Å². The van der Waals surface area contributed by atoms with Gasteiger partial charge in [0.1, 0.15) is 6.04 Å². The van der Waals surface area contributed by atoms with Crippen LogP contribution in [0.25, 0.3) is 0 Å². The molecule has 0 radical (unpaired) electrons. The van der Waals surface area contributed by atoms with Gasteiger partial charge in [-0.3, -0.25) is 9.59 Å². The molecule has 0 saturated heterocycles. The van der Waals surface area contributed by atoms with E-state index in [1.807, 2.05) is 45.0 Å². The van der Waals surface area contributed by atoms with Crippen LogP contribution in [0.2, 0.25) is 10.0 Å². The average Bonchev–Trinajstić information content (AvgIpc) is 2.72. The van der Waals surface area contributed by atoms with Crippen LogP contribution in [0.15, 0.2) is 47.4 Å². The Bertz CT molecular complexity index is 854. The molecule has 2 amide bonds. The first-order valence-corrected chi connectivity index (χ1v) is 11.7. The Hall–Kier alpha value is -1.69. The van der Waals surface area contributed by atoms with Gasteiger partial charge in [-0.2, -0.15) is 0 Å². The molecule has 2 aromatic carbocycles. The van der Waals surface area contributed by atoms with Crippen LogP contribution >= 0.6 is 35.0 Å². The Morgan fingerprint density at radius 1 is 1.07 bits per heavy atom. The van der Waals surface area contributed by atoms with Crippen molar-refractivity contribution < 1.29 is 9.59 Å². The second kappa shape index (κ2) is 11.6. The van der Waals surface area contributed by atoms with Gasteiger partial charge in [-0.05, 0) is 51.5 Å². The molecule has 0 fully saturated rings. The van der Waals surface area contributed by atoms with Crippen molar-refractivity contribution in [3.8, 4) is 0 Å². The Morgan fingerprint density at radius 3 is 2.23 bits per heavy atom. The summed E-state index contributed by atoms with van der Waals surface area (Å²) in [6.07, 6.45) is 0.812. The van der Waals surface area contributed by atoms with E-state index in [-0.39, 0.29) is 30.2 Å². The number of benzene rings is 2. The maximum absolute atomic E-state index is 13.2. The van der Waals surface area contributed by atoms with Gasteiger partial charge in [0.2, 0.25) is 11.8 Å². The standard InChI is InChI=1S/C23H28Cl2N2O2S/c1-5-16(3)26-23(29)17(4)27(13-19-20(24)7-6-8-21(19)25)22(28)14-30-18-11-9-15(2)10-12-18/h6-12,16-17H,5,13-14H2,1-4H3,(H,26,29). The Kier molecular flexibility index (Phi) is 9.53. The number of carbonyl (C=O) groups excluding carboxylic acids is 2. The lowest BCUT2D eigenvalue weighted by Crippen LogP contribution is -2.50. The van der Waals surface area contributed by atoms with Crippen LogP contribution in [0.4, 0.5) is 0 Å². The number of nitrogens with zero attached hydrogens (tertiary/aromatic N) is 1. The lowest BCUT2D eigenvalue weighted by atomic mass is 10.1. The number of hydrogen-bond acceptors (Lipinski definition) is 3. The van der Waals surface area contributed by atoms with Crippen LogP contribution in [0, 0.1) is 6.92 Å². The summed E-state index contributed by atoms with van der Waals surface area (Å²) < 4.78 is 0. The normalized spacial score (nSPS) is 12.9. The SMILES string of the molecule is CCC(C)NC(=O)C(C)N(Cc1c(Cl)cccc1Cl)C(=O)CSc1ccc(C)cc1. The van der Waals surface area contributed by atoms with Gasteiger partial charge < -0.3 is 10.2 Å². The minimum absolute atomic E-state index is 0.0303. The van der Waals surface area contributed by atoms with E-state index in [9.17, 15) is 9.59 Å². The number of aryl methyl sites for hydroxylation is 1. The highest BCUT2D eigenvalue weighted by Gasteiger charge is 2.28. The summed E-state index contributed by atoms with van der Waals surface area (Å²) in [4.78, 5) is 28.5. The summed E-state index contributed by atoms with van der Waals surface area (Å²) in [5, 5.41) is 3.90. The van der Waals surface area contributed by atoms with E-state index in [1.165, 1.54) is 11.8 Å². The summed E-state index contributed by atoms with van der Waals surface area (Å²) in [5.74, 6) is -0.129. The molecule has 30 heavy (non-hydrogen) atoms. The largest absolute Gasteiger partial charge is 0.352 e. The van der Waals surface area contributed by atoms with Gasteiger partial charge in [0.15, 0.2) is 0 Å². The summed E-state index contributed by atoms with van der Waals surface area (Å²) in [6.45, 7) is 7.86. The molecule has 2 rings (SSSR count). The number of amides is 2. The van der Waals surface area contributed by atoms with Crippen molar-refractivity contribution >= 4 is 46.8 Å². The molecule has 2 aromatic rings. The molecular formula is C23H28Cl2N2O2S. The van der Waals surface area contributed by atoms with E-state index in [0.29, 0.717) is 15.6 Å². The first kappa shape index (κ1) is 24.6. The summed E-state index contributed by atoms with van der Waals surface area (Å²) in [5.41, 5.74) is 1.80. The van der Waals surface area contributed by atoms with Crippen LogP contribution in [0.1, 0.15) is 38.3 Å². The molecular weight excluding hydrogens is 439 g/mol. The number of halogens is 2. The molecule has 0 heterocycles. The summed E-state index contributed by atoms with van der Waals surface area (Å²) in [7, 11) is 0. The quantitative estimate of drug-likeness (QED) is 0.480. The third-order valence-corrected chi connectivity index (χ3v) is 6.65. The van der Waals surface area contributed by atoms with Crippen molar-refractivity contribution in [2.45, 2.75) is 57.6 Å². The molecule has 2 unspecified atom stereocenters. The minimum atomic E-state index is -0.655. The molecule has 0 aromatic heterocycles. The summed E-state index contributed by atoms with van der Waals surface area (Å²) >= 11 is 14.1. The summed E-state index contributed by atoms with van der Waals surface area (Å²) in [6, 6.07) is 12.6. The average molecular weight is 467 g/mol. The second-order valence-electron chi connectivity index (χ2n) is 7.32. The van der Waals surface area contributed by atoms with Crippen LogP contribution in [0.3, 0.4) is 0 Å². The molecule has 1 N–H and O–H groups in total. The van der Waals surface area contributed by atoms with E-state index in [0.717, 1.165) is 16.9 Å². The number of nitrogens with one attached hydrogen (secondary N) is 1. The van der Waals surface area contributed by atoms with E-state index < -0.39 is 6.04 Å². The number of hydrogen-bond donors (Lipinski definition) is 1. The molecule has 0 saturated carbocycles. The highest BCUT2D eigenvalue weighted by Crippen LogP contribution is 2.27. The van der Waals surface area contributed by atoms with Gasteiger partial charge >= 0.3 is 0 Å². The Morgan fingerprint density at radius 2 is 1.67 bits per heavy atom. The maximum atomic E-state index is 13.2. The van der Waals surface area contributed by atoms with Gasteiger partial charge in [-0.15, -0.1) is 11.8 Å². The molecule has 0 bridgehead atoms. The van der Waals surface area contributed by atoms with Crippen molar-refractivity contribution in [2.24, 2.45) is 0 Å². The molecule has 0 spiro atoms. The van der Waals surface area contributed by atoms with Crippen molar-refractivity contribution in [1.82, 2.24) is 10.2 Å². The van der Waals surface area contributed by atoms with Crippen molar-refractivity contribution in [1.29, 1.82) is 0 Å². The predicted molar refractivity (Wildman–Crippen MR) is 126 cm³/mol. The van der Waals surface area contributed by atoms with Gasteiger partial charge in [0.05, 0.1) is 5.75 Å². The van der Waals surface area contributed by atoms with E-state index in [4.69, 9.17) is 23.2 Å². The number of carbonyl (C=O) groups is 2. The van der Waals surface area contributed by atoms with E-state index >= 15 is 0 Å². The number of thioether (sulfide) groups is 1. The monoisotopic (exact) mass is 466 g/mol. The lowest BCUT2D eigenvalue weighted by molar-refractivity contribution is -0.138. The van der Waals surface area contributed by atoms with Crippen LogP contribution in [-0.4, -0.2) is 34.6 Å².